The Labute approximate surface area is 109 Å². The van der Waals surface area contributed by atoms with E-state index >= 15 is 0 Å². The summed E-state index contributed by atoms with van der Waals surface area (Å²) in [6.45, 7) is 0.347. The zero-order valence-electron chi connectivity index (χ0n) is 10.1. The Hall–Kier alpha value is -2.56. The maximum atomic E-state index is 12.0. The quantitative estimate of drug-likeness (QED) is 0.774. The summed E-state index contributed by atoms with van der Waals surface area (Å²) in [6.07, 6.45) is 3.47. The molecule has 5 nitrogen and oxygen atoms in total. The summed E-state index contributed by atoms with van der Waals surface area (Å²) in [6, 6.07) is 9.73. The molecule has 19 heavy (non-hydrogen) atoms. The number of nitrogens with zero attached hydrogens (tertiary/aromatic N) is 3. The second-order valence-electron chi connectivity index (χ2n) is 4.25. The van der Waals surface area contributed by atoms with E-state index in [1.807, 2.05) is 30.3 Å². The highest BCUT2D eigenvalue weighted by Crippen LogP contribution is 2.18. The summed E-state index contributed by atoms with van der Waals surface area (Å²) in [4.78, 5) is 33.1. The Morgan fingerprint density at radius 3 is 2.05 bits per heavy atom. The first-order chi connectivity index (χ1) is 9.27. The lowest BCUT2D eigenvalue weighted by molar-refractivity contribution is 0.0652. The molecule has 2 amide bonds. The fraction of sp³-hybridized carbons (Fsp3) is 0.143. The Morgan fingerprint density at radius 2 is 1.47 bits per heavy atom. The molecule has 0 saturated carbocycles. The molecular weight excluding hydrogens is 242 g/mol. The van der Waals surface area contributed by atoms with Gasteiger partial charge in [-0.25, -0.2) is 9.97 Å². The van der Waals surface area contributed by atoms with Gasteiger partial charge in [-0.2, -0.15) is 0 Å². The van der Waals surface area contributed by atoms with Gasteiger partial charge in [0.2, 0.25) is 0 Å². The van der Waals surface area contributed by atoms with E-state index in [-0.39, 0.29) is 23.2 Å². The van der Waals surface area contributed by atoms with Crippen molar-refractivity contribution in [2.24, 2.45) is 0 Å². The minimum Gasteiger partial charge on any atom is -0.271 e. The van der Waals surface area contributed by atoms with Crippen LogP contribution in [0.5, 0.6) is 0 Å². The topological polar surface area (TPSA) is 63.2 Å². The Bertz CT molecular complexity index is 605. The van der Waals surface area contributed by atoms with Crippen molar-refractivity contribution in [2.45, 2.75) is 6.42 Å². The van der Waals surface area contributed by atoms with Gasteiger partial charge in [0.15, 0.2) is 11.4 Å². The van der Waals surface area contributed by atoms with Gasteiger partial charge in [-0.3, -0.25) is 14.5 Å². The number of hydrogen-bond donors (Lipinski definition) is 0. The van der Waals surface area contributed by atoms with Crippen LogP contribution in [0.25, 0.3) is 0 Å². The van der Waals surface area contributed by atoms with Gasteiger partial charge in [-0.15, -0.1) is 0 Å². The van der Waals surface area contributed by atoms with Gasteiger partial charge in [-0.05, 0) is 12.0 Å². The van der Waals surface area contributed by atoms with E-state index in [1.165, 1.54) is 17.3 Å². The maximum absolute atomic E-state index is 12.0. The van der Waals surface area contributed by atoms with Crippen LogP contribution in [-0.2, 0) is 6.42 Å². The molecule has 0 radical (unpaired) electrons. The Kier molecular flexibility index (Phi) is 2.79. The highest BCUT2D eigenvalue weighted by Gasteiger charge is 2.37. The summed E-state index contributed by atoms with van der Waals surface area (Å²) < 4.78 is 0. The average Bonchev–Trinajstić information content (AvgIpc) is 2.71. The molecule has 0 bridgehead atoms. The van der Waals surface area contributed by atoms with Gasteiger partial charge in [0.25, 0.3) is 11.8 Å². The van der Waals surface area contributed by atoms with E-state index in [0.29, 0.717) is 13.0 Å². The van der Waals surface area contributed by atoms with Crippen molar-refractivity contribution in [1.82, 2.24) is 14.9 Å². The fourth-order valence-corrected chi connectivity index (χ4v) is 2.09. The Balaban J connectivity index is 1.78. The van der Waals surface area contributed by atoms with Crippen molar-refractivity contribution < 1.29 is 9.59 Å². The summed E-state index contributed by atoms with van der Waals surface area (Å²) in [5, 5.41) is 0. The third kappa shape index (κ3) is 1.99. The SMILES string of the molecule is O=C1c2nccnc2C(=O)N1CCc1ccccc1. The lowest BCUT2D eigenvalue weighted by atomic mass is 10.1. The van der Waals surface area contributed by atoms with Crippen LogP contribution in [0.15, 0.2) is 42.7 Å². The molecule has 0 unspecified atom stereocenters. The number of rotatable bonds is 3. The van der Waals surface area contributed by atoms with E-state index in [1.54, 1.807) is 0 Å². The predicted molar refractivity (Wildman–Crippen MR) is 67.5 cm³/mol. The first kappa shape index (κ1) is 11.5. The van der Waals surface area contributed by atoms with Gasteiger partial charge in [0.1, 0.15) is 0 Å². The highest BCUT2D eigenvalue weighted by atomic mass is 16.2. The van der Waals surface area contributed by atoms with Gasteiger partial charge < -0.3 is 0 Å². The number of imide groups is 1. The first-order valence-corrected chi connectivity index (χ1v) is 5.98. The van der Waals surface area contributed by atoms with Crippen LogP contribution in [0, 0.1) is 0 Å². The molecule has 2 aromatic rings. The zero-order chi connectivity index (χ0) is 13.2. The summed E-state index contributed by atoms with van der Waals surface area (Å²) >= 11 is 0. The number of fused-ring (bicyclic) bond motifs is 1. The molecule has 0 N–H and O–H groups in total. The first-order valence-electron chi connectivity index (χ1n) is 5.98. The largest absolute Gasteiger partial charge is 0.281 e. The molecular formula is C14H11N3O2. The van der Waals surface area contributed by atoms with E-state index in [2.05, 4.69) is 9.97 Å². The van der Waals surface area contributed by atoms with Crippen molar-refractivity contribution in [3.05, 3.63) is 59.7 Å². The van der Waals surface area contributed by atoms with Crippen molar-refractivity contribution in [1.29, 1.82) is 0 Å². The van der Waals surface area contributed by atoms with Gasteiger partial charge in [0, 0.05) is 18.9 Å². The van der Waals surface area contributed by atoms with E-state index in [4.69, 9.17) is 0 Å². The van der Waals surface area contributed by atoms with Crippen LogP contribution < -0.4 is 0 Å². The lowest BCUT2D eigenvalue weighted by Crippen LogP contribution is -2.32. The Morgan fingerprint density at radius 1 is 0.895 bits per heavy atom. The minimum absolute atomic E-state index is 0.153. The van der Waals surface area contributed by atoms with Crippen molar-refractivity contribution in [3.8, 4) is 0 Å². The number of carbonyl (C=O) groups is 2. The van der Waals surface area contributed by atoms with Gasteiger partial charge in [-0.1, -0.05) is 30.3 Å². The number of aromatic nitrogens is 2. The molecule has 1 aliphatic heterocycles. The monoisotopic (exact) mass is 253 g/mol. The standard InChI is InChI=1S/C14H11N3O2/c18-13-11-12(16-8-7-15-11)14(19)17(13)9-6-10-4-2-1-3-5-10/h1-5,7-8H,6,9H2. The highest BCUT2D eigenvalue weighted by molar-refractivity contribution is 6.19. The van der Waals surface area contributed by atoms with Crippen LogP contribution in [0.4, 0.5) is 0 Å². The zero-order valence-corrected chi connectivity index (χ0v) is 10.1. The molecule has 5 heteroatoms. The maximum Gasteiger partial charge on any atom is 0.281 e. The van der Waals surface area contributed by atoms with Crippen LogP contribution in [-0.4, -0.2) is 33.2 Å². The van der Waals surface area contributed by atoms with E-state index < -0.39 is 0 Å². The molecule has 94 valence electrons. The number of benzene rings is 1. The molecule has 1 aliphatic rings. The summed E-state index contributed by atoms with van der Waals surface area (Å²) in [5.41, 5.74) is 1.39. The molecule has 3 rings (SSSR count). The van der Waals surface area contributed by atoms with Crippen molar-refractivity contribution in [3.63, 3.8) is 0 Å². The van der Waals surface area contributed by atoms with Crippen LogP contribution in [0.2, 0.25) is 0 Å². The second-order valence-corrected chi connectivity index (χ2v) is 4.25. The second kappa shape index (κ2) is 4.61. The third-order valence-electron chi connectivity index (χ3n) is 3.06. The molecule has 1 aromatic carbocycles. The molecule has 0 fully saturated rings. The smallest absolute Gasteiger partial charge is 0.271 e. The van der Waals surface area contributed by atoms with Crippen LogP contribution in [0.1, 0.15) is 26.5 Å². The molecule has 2 heterocycles. The molecule has 0 saturated heterocycles. The average molecular weight is 253 g/mol. The molecule has 1 aromatic heterocycles. The van der Waals surface area contributed by atoms with E-state index in [0.717, 1.165) is 5.56 Å². The number of hydrogen-bond acceptors (Lipinski definition) is 4. The fourth-order valence-electron chi connectivity index (χ4n) is 2.09. The van der Waals surface area contributed by atoms with Crippen LogP contribution >= 0.6 is 0 Å². The predicted octanol–water partition coefficient (Wildman–Crippen LogP) is 1.32. The normalized spacial score (nSPS) is 13.8. The van der Waals surface area contributed by atoms with Gasteiger partial charge >= 0.3 is 0 Å². The molecule has 0 aliphatic carbocycles. The van der Waals surface area contributed by atoms with Crippen molar-refractivity contribution >= 4 is 11.8 Å². The summed E-state index contributed by atoms with van der Waals surface area (Å²) in [5.74, 6) is -0.715. The number of amides is 2. The minimum atomic E-state index is -0.357. The molecule has 0 spiro atoms. The summed E-state index contributed by atoms with van der Waals surface area (Å²) in [7, 11) is 0. The van der Waals surface area contributed by atoms with Gasteiger partial charge in [0.05, 0.1) is 0 Å². The van der Waals surface area contributed by atoms with Crippen molar-refractivity contribution in [2.75, 3.05) is 6.54 Å². The van der Waals surface area contributed by atoms with Crippen LogP contribution in [0.3, 0.4) is 0 Å². The number of carbonyl (C=O) groups excluding carboxylic acids is 2. The lowest BCUT2D eigenvalue weighted by Gasteiger charge is -2.12. The van der Waals surface area contributed by atoms with E-state index in [9.17, 15) is 9.59 Å². The third-order valence-corrected chi connectivity index (χ3v) is 3.06. The molecule has 0 atom stereocenters.